The Bertz CT molecular complexity index is 827. The van der Waals surface area contributed by atoms with Gasteiger partial charge in [0.25, 0.3) is 0 Å². The standard InChI is InChI=1S/C23H35N5O/c1-14(2)18-5-6-19-17(12-26-28-24)20(7-8-22(18,19)3)23(4)10-15-11-25-27-21(15)9-16(23)13-29/h11,16-20,29H,1,5-10,12-13H2,2-4H3,(H,25,27)/t16-,17+,18-,19+,20+,22-,23+/m1/s1. The molecule has 6 heteroatoms. The first-order valence-electron chi connectivity index (χ1n) is 11.1. The molecule has 158 valence electrons. The lowest BCUT2D eigenvalue weighted by atomic mass is 9.48. The molecule has 3 aliphatic carbocycles. The van der Waals surface area contributed by atoms with Crippen LogP contribution in [0.4, 0.5) is 0 Å². The van der Waals surface area contributed by atoms with Gasteiger partial charge in [0.1, 0.15) is 0 Å². The minimum atomic E-state index is -0.0100. The summed E-state index contributed by atoms with van der Waals surface area (Å²) in [5.74, 6) is 2.12. The summed E-state index contributed by atoms with van der Waals surface area (Å²) in [6, 6.07) is 0. The molecule has 1 aromatic rings. The average Bonchev–Trinajstić information content (AvgIpc) is 3.28. The number of allylic oxidation sites excluding steroid dienone is 1. The number of rotatable bonds is 5. The molecular weight excluding hydrogens is 362 g/mol. The maximum Gasteiger partial charge on any atom is 0.0522 e. The van der Waals surface area contributed by atoms with Gasteiger partial charge in [-0.1, -0.05) is 31.1 Å². The minimum Gasteiger partial charge on any atom is -0.396 e. The van der Waals surface area contributed by atoms with Crippen LogP contribution in [0, 0.1) is 40.4 Å². The molecule has 3 aliphatic rings. The van der Waals surface area contributed by atoms with Crippen molar-refractivity contribution in [2.45, 2.75) is 59.3 Å². The summed E-state index contributed by atoms with van der Waals surface area (Å²) in [5, 5.41) is 21.8. The number of aromatic nitrogens is 2. The Balaban J connectivity index is 1.71. The summed E-state index contributed by atoms with van der Waals surface area (Å²) >= 11 is 0. The van der Waals surface area contributed by atoms with Crippen LogP contribution in [0.15, 0.2) is 23.5 Å². The van der Waals surface area contributed by atoms with Crippen molar-refractivity contribution in [2.75, 3.05) is 13.2 Å². The van der Waals surface area contributed by atoms with E-state index in [9.17, 15) is 5.11 Å². The van der Waals surface area contributed by atoms with Crippen LogP contribution in [0.3, 0.4) is 0 Å². The normalized spacial score (nSPS) is 41.3. The van der Waals surface area contributed by atoms with Gasteiger partial charge in [-0.05, 0) is 97.0 Å². The molecule has 2 saturated carbocycles. The maximum atomic E-state index is 10.3. The number of H-pyrrole nitrogens is 1. The molecule has 0 saturated heterocycles. The number of aliphatic hydroxyl groups is 1. The lowest BCUT2D eigenvalue weighted by Gasteiger charge is -2.56. The highest BCUT2D eigenvalue weighted by Crippen LogP contribution is 2.64. The number of nitrogens with one attached hydrogen (secondary N) is 1. The van der Waals surface area contributed by atoms with Gasteiger partial charge in [0.05, 0.1) is 6.20 Å². The van der Waals surface area contributed by atoms with Crippen LogP contribution in [0.1, 0.15) is 57.7 Å². The molecule has 4 rings (SSSR count). The summed E-state index contributed by atoms with van der Waals surface area (Å²) in [7, 11) is 0. The van der Waals surface area contributed by atoms with Crippen LogP contribution < -0.4 is 0 Å². The van der Waals surface area contributed by atoms with Gasteiger partial charge in [0.2, 0.25) is 0 Å². The van der Waals surface area contributed by atoms with E-state index in [1.54, 1.807) is 0 Å². The topological polar surface area (TPSA) is 97.7 Å². The van der Waals surface area contributed by atoms with Crippen LogP contribution in [-0.4, -0.2) is 28.5 Å². The Labute approximate surface area is 173 Å². The molecule has 0 bridgehead atoms. The third kappa shape index (κ3) is 3.12. The Morgan fingerprint density at radius 3 is 2.79 bits per heavy atom. The third-order valence-electron chi connectivity index (χ3n) is 9.22. The van der Waals surface area contributed by atoms with Crippen LogP contribution in [0.5, 0.6) is 0 Å². The van der Waals surface area contributed by atoms with E-state index < -0.39 is 0 Å². The van der Waals surface area contributed by atoms with E-state index in [0.29, 0.717) is 30.2 Å². The molecule has 7 atom stereocenters. The highest BCUT2D eigenvalue weighted by atomic mass is 16.3. The lowest BCUT2D eigenvalue weighted by molar-refractivity contribution is -0.0673. The fourth-order valence-electron chi connectivity index (χ4n) is 7.71. The van der Waals surface area contributed by atoms with Crippen molar-refractivity contribution in [2.24, 2.45) is 45.5 Å². The maximum absolute atomic E-state index is 10.3. The van der Waals surface area contributed by atoms with Gasteiger partial charge < -0.3 is 5.11 Å². The van der Waals surface area contributed by atoms with Gasteiger partial charge in [-0.2, -0.15) is 5.10 Å². The van der Waals surface area contributed by atoms with Crippen LogP contribution >= 0.6 is 0 Å². The fourth-order valence-corrected chi connectivity index (χ4v) is 7.71. The number of aromatic amines is 1. The number of aliphatic hydroxyl groups excluding tert-OH is 1. The van der Waals surface area contributed by atoms with E-state index in [1.807, 2.05) is 6.20 Å². The van der Waals surface area contributed by atoms with Gasteiger partial charge in [0, 0.05) is 23.8 Å². The van der Waals surface area contributed by atoms with E-state index >= 15 is 0 Å². The Hall–Kier alpha value is -1.78. The van der Waals surface area contributed by atoms with Gasteiger partial charge in [-0.3, -0.25) is 5.10 Å². The van der Waals surface area contributed by atoms with E-state index in [1.165, 1.54) is 36.1 Å². The molecular formula is C23H35N5O. The highest BCUT2D eigenvalue weighted by molar-refractivity contribution is 5.25. The average molecular weight is 398 g/mol. The molecule has 1 aromatic heterocycles. The number of azide groups is 1. The number of nitrogens with zero attached hydrogens (tertiary/aromatic N) is 4. The Morgan fingerprint density at radius 1 is 1.34 bits per heavy atom. The number of fused-ring (bicyclic) bond motifs is 2. The van der Waals surface area contributed by atoms with Crippen molar-refractivity contribution in [3.8, 4) is 0 Å². The predicted octanol–water partition coefficient (Wildman–Crippen LogP) is 5.07. The Morgan fingerprint density at radius 2 is 2.10 bits per heavy atom. The van der Waals surface area contributed by atoms with Crippen LogP contribution in [0.25, 0.3) is 10.4 Å². The first-order chi connectivity index (χ1) is 13.8. The smallest absolute Gasteiger partial charge is 0.0522 e. The molecule has 0 amide bonds. The SMILES string of the molecule is C=C(C)[C@H]1CC[C@H]2[C@H](CN=[N+]=[N-])[C@@H]([C@@]3(C)Cc4cn[nH]c4C[C@@H]3CO)CC[C@]12C. The summed E-state index contributed by atoms with van der Waals surface area (Å²) in [5.41, 5.74) is 13.1. The highest BCUT2D eigenvalue weighted by Gasteiger charge is 2.58. The van der Waals surface area contributed by atoms with E-state index in [-0.39, 0.29) is 23.4 Å². The van der Waals surface area contributed by atoms with E-state index in [0.717, 1.165) is 19.3 Å². The largest absolute Gasteiger partial charge is 0.396 e. The zero-order valence-corrected chi connectivity index (χ0v) is 18.1. The van der Waals surface area contributed by atoms with Gasteiger partial charge in [0.15, 0.2) is 0 Å². The molecule has 0 spiro atoms. The summed E-state index contributed by atoms with van der Waals surface area (Å²) < 4.78 is 0. The van der Waals surface area contributed by atoms with Crippen molar-refractivity contribution in [1.82, 2.24) is 10.2 Å². The second kappa shape index (κ2) is 7.48. The molecule has 29 heavy (non-hydrogen) atoms. The first kappa shape index (κ1) is 20.5. The van der Waals surface area contributed by atoms with Crippen molar-refractivity contribution >= 4 is 0 Å². The van der Waals surface area contributed by atoms with Gasteiger partial charge in [-0.25, -0.2) is 0 Å². The van der Waals surface area contributed by atoms with E-state index in [2.05, 4.69) is 47.6 Å². The molecule has 1 heterocycles. The minimum absolute atomic E-state index is 0.0100. The summed E-state index contributed by atoms with van der Waals surface area (Å²) in [6.07, 6.45) is 8.46. The van der Waals surface area contributed by atoms with E-state index in [4.69, 9.17) is 5.53 Å². The monoisotopic (exact) mass is 397 g/mol. The van der Waals surface area contributed by atoms with Gasteiger partial charge in [-0.15, -0.1) is 0 Å². The summed E-state index contributed by atoms with van der Waals surface area (Å²) in [6.45, 7) is 12.1. The quantitative estimate of drug-likeness (QED) is 0.314. The third-order valence-corrected chi connectivity index (χ3v) is 9.22. The molecule has 6 nitrogen and oxygen atoms in total. The Kier molecular flexibility index (Phi) is 5.28. The van der Waals surface area contributed by atoms with Crippen molar-refractivity contribution in [1.29, 1.82) is 0 Å². The lowest BCUT2D eigenvalue weighted by Crippen LogP contribution is -2.52. The van der Waals surface area contributed by atoms with Crippen LogP contribution in [-0.2, 0) is 12.8 Å². The van der Waals surface area contributed by atoms with Crippen molar-refractivity contribution < 1.29 is 5.11 Å². The number of hydrogen-bond acceptors (Lipinski definition) is 3. The predicted molar refractivity (Wildman–Crippen MR) is 114 cm³/mol. The zero-order valence-electron chi connectivity index (χ0n) is 18.1. The molecule has 0 unspecified atom stereocenters. The molecule has 2 N–H and O–H groups in total. The first-order valence-corrected chi connectivity index (χ1v) is 11.1. The van der Waals surface area contributed by atoms with Crippen LogP contribution in [0.2, 0.25) is 0 Å². The second-order valence-electron chi connectivity index (χ2n) is 10.5. The molecule has 0 radical (unpaired) electrons. The zero-order chi connectivity index (χ0) is 20.8. The molecule has 0 aromatic carbocycles. The van der Waals surface area contributed by atoms with Crippen molar-refractivity contribution in [3.63, 3.8) is 0 Å². The second-order valence-corrected chi connectivity index (χ2v) is 10.5. The summed E-state index contributed by atoms with van der Waals surface area (Å²) in [4.78, 5) is 3.13. The fraction of sp³-hybridized carbons (Fsp3) is 0.783. The van der Waals surface area contributed by atoms with Gasteiger partial charge >= 0.3 is 0 Å². The molecule has 2 fully saturated rings. The molecule has 0 aliphatic heterocycles. The number of hydrogen-bond donors (Lipinski definition) is 2. The van der Waals surface area contributed by atoms with Crippen molar-refractivity contribution in [3.05, 3.63) is 40.0 Å².